The summed E-state index contributed by atoms with van der Waals surface area (Å²) in [4.78, 5) is 0. The molecular weight excluding hydrogens is 244 g/mol. The van der Waals surface area contributed by atoms with E-state index in [1.165, 1.54) is 75.9 Å². The van der Waals surface area contributed by atoms with E-state index in [1.807, 2.05) is 0 Å². The van der Waals surface area contributed by atoms with Crippen molar-refractivity contribution in [3.05, 3.63) is 0 Å². The summed E-state index contributed by atoms with van der Waals surface area (Å²) in [5.41, 5.74) is 1.05. The van der Waals surface area contributed by atoms with Crippen LogP contribution in [0.25, 0.3) is 0 Å². The van der Waals surface area contributed by atoms with Gasteiger partial charge in [-0.05, 0) is 5.54 Å². The van der Waals surface area contributed by atoms with Gasteiger partial charge in [-0.15, -0.1) is 0 Å². The first-order valence-electron chi connectivity index (χ1n) is 9.16. The van der Waals surface area contributed by atoms with E-state index in [1.54, 1.807) is 0 Å². The molecule has 1 unspecified atom stereocenters. The van der Waals surface area contributed by atoms with E-state index in [9.17, 15) is 0 Å². The molecule has 0 rings (SSSR count). The summed E-state index contributed by atoms with van der Waals surface area (Å²) in [6.45, 7) is 12.2. The molecule has 0 saturated carbocycles. The highest BCUT2D eigenvalue weighted by atomic mass is 28.3. The van der Waals surface area contributed by atoms with Crippen molar-refractivity contribution in [3.63, 3.8) is 0 Å². The average Bonchev–Trinajstić information content (AvgIpc) is 2.44. The molecule has 0 radical (unpaired) electrons. The summed E-state index contributed by atoms with van der Waals surface area (Å²) in [5, 5.41) is 0. The van der Waals surface area contributed by atoms with Crippen molar-refractivity contribution in [3.8, 4) is 0 Å². The van der Waals surface area contributed by atoms with Crippen LogP contribution in [0, 0.1) is 0 Å². The van der Waals surface area contributed by atoms with Crippen molar-refractivity contribution in [2.24, 2.45) is 0 Å². The van der Waals surface area contributed by atoms with Gasteiger partial charge in [0.1, 0.15) is 0 Å². The molecule has 116 valence electrons. The van der Waals surface area contributed by atoms with E-state index >= 15 is 0 Å². The van der Waals surface area contributed by atoms with E-state index in [4.69, 9.17) is 0 Å². The second-order valence-electron chi connectivity index (χ2n) is 6.59. The van der Waals surface area contributed by atoms with E-state index in [0.717, 1.165) is 5.54 Å². The van der Waals surface area contributed by atoms with Crippen LogP contribution in [0.5, 0.6) is 0 Å². The van der Waals surface area contributed by atoms with Gasteiger partial charge in [0.25, 0.3) is 0 Å². The van der Waals surface area contributed by atoms with Gasteiger partial charge in [-0.25, -0.2) is 0 Å². The quantitative estimate of drug-likeness (QED) is 0.244. The van der Waals surface area contributed by atoms with Crippen LogP contribution in [0.2, 0.25) is 23.7 Å². The van der Waals surface area contributed by atoms with Crippen molar-refractivity contribution in [1.29, 1.82) is 0 Å². The topological polar surface area (TPSA) is 0 Å². The Morgan fingerprint density at radius 3 is 1.47 bits per heavy atom. The van der Waals surface area contributed by atoms with Crippen LogP contribution in [-0.2, 0) is 0 Å². The van der Waals surface area contributed by atoms with Crippen LogP contribution in [0.3, 0.4) is 0 Å². The summed E-state index contributed by atoms with van der Waals surface area (Å²) < 4.78 is 0. The highest BCUT2D eigenvalue weighted by Crippen LogP contribution is 2.36. The second kappa shape index (κ2) is 12.0. The van der Waals surface area contributed by atoms with E-state index in [0.29, 0.717) is 0 Å². The lowest BCUT2D eigenvalue weighted by Crippen LogP contribution is -2.36. The Kier molecular flexibility index (Phi) is 12.1. The molecular formula is C18H40Si. The number of unbranched alkanes of at least 4 members (excludes halogenated alkanes) is 7. The molecule has 0 bridgehead atoms. The van der Waals surface area contributed by atoms with Gasteiger partial charge in [0.05, 0.1) is 8.07 Å². The maximum Gasteiger partial charge on any atom is 0.0556 e. The van der Waals surface area contributed by atoms with E-state index in [2.05, 4.69) is 34.6 Å². The van der Waals surface area contributed by atoms with Gasteiger partial charge in [-0.2, -0.15) is 0 Å². The van der Waals surface area contributed by atoms with Crippen LogP contribution in [0.15, 0.2) is 0 Å². The third kappa shape index (κ3) is 7.53. The molecule has 0 nitrogen and oxygen atoms in total. The zero-order chi connectivity index (χ0) is 14.6. The van der Waals surface area contributed by atoms with Crippen molar-refractivity contribution in [2.75, 3.05) is 0 Å². The maximum atomic E-state index is 2.56. The van der Waals surface area contributed by atoms with Crippen molar-refractivity contribution in [1.82, 2.24) is 0 Å². The Morgan fingerprint density at radius 1 is 0.632 bits per heavy atom. The Labute approximate surface area is 124 Å². The minimum Gasteiger partial charge on any atom is -0.0678 e. The summed E-state index contributed by atoms with van der Waals surface area (Å²) in [7, 11) is -0.907. The lowest BCUT2D eigenvalue weighted by molar-refractivity contribution is 0.558. The largest absolute Gasteiger partial charge is 0.0678 e. The second-order valence-corrected chi connectivity index (χ2v) is 12.4. The Morgan fingerprint density at radius 2 is 1.05 bits per heavy atom. The molecule has 0 aliphatic rings. The Balaban J connectivity index is 3.64. The van der Waals surface area contributed by atoms with Gasteiger partial charge in [-0.1, -0.05) is 111 Å². The lowest BCUT2D eigenvalue weighted by atomic mass is 10.1. The van der Waals surface area contributed by atoms with E-state index in [-0.39, 0.29) is 0 Å². The summed E-state index contributed by atoms with van der Waals surface area (Å²) in [5.74, 6) is 0. The Bertz CT molecular complexity index is 176. The molecule has 0 aliphatic carbocycles. The zero-order valence-corrected chi connectivity index (χ0v) is 15.6. The van der Waals surface area contributed by atoms with Crippen molar-refractivity contribution >= 4 is 8.07 Å². The molecule has 0 aliphatic heterocycles. The van der Waals surface area contributed by atoms with Gasteiger partial charge in [0.15, 0.2) is 0 Å². The standard InChI is InChI=1S/C18H40Si/c1-6-10-11-12-13-14-15-16-17-18(5)19(7-2,8-3)9-4/h18H,6-17H2,1-5H3. The molecule has 0 N–H and O–H groups in total. The van der Waals surface area contributed by atoms with E-state index < -0.39 is 8.07 Å². The van der Waals surface area contributed by atoms with Crippen molar-refractivity contribution < 1.29 is 0 Å². The van der Waals surface area contributed by atoms with Crippen molar-refractivity contribution in [2.45, 2.75) is 116 Å². The normalized spacial score (nSPS) is 13.7. The van der Waals surface area contributed by atoms with Crippen LogP contribution in [0.1, 0.15) is 92.4 Å². The van der Waals surface area contributed by atoms with Gasteiger partial charge in [-0.3, -0.25) is 0 Å². The predicted molar refractivity (Wildman–Crippen MR) is 93.8 cm³/mol. The molecule has 0 fully saturated rings. The summed E-state index contributed by atoms with van der Waals surface area (Å²) in [6.07, 6.45) is 13.2. The zero-order valence-electron chi connectivity index (χ0n) is 14.6. The third-order valence-electron chi connectivity index (χ3n) is 5.65. The monoisotopic (exact) mass is 284 g/mol. The first kappa shape index (κ1) is 19.2. The van der Waals surface area contributed by atoms with Crippen LogP contribution >= 0.6 is 0 Å². The average molecular weight is 285 g/mol. The lowest BCUT2D eigenvalue weighted by Gasteiger charge is -2.35. The van der Waals surface area contributed by atoms with Gasteiger partial charge in [0, 0.05) is 0 Å². The predicted octanol–water partition coefficient (Wildman–Crippen LogP) is 7.42. The molecule has 0 heterocycles. The minimum absolute atomic E-state index is 0.907. The molecule has 0 amide bonds. The van der Waals surface area contributed by atoms with Gasteiger partial charge >= 0.3 is 0 Å². The maximum absolute atomic E-state index is 2.56. The number of rotatable bonds is 13. The van der Waals surface area contributed by atoms with Gasteiger partial charge in [0.2, 0.25) is 0 Å². The molecule has 0 saturated heterocycles. The third-order valence-corrected chi connectivity index (χ3v) is 12.3. The molecule has 0 aromatic carbocycles. The molecule has 1 heteroatoms. The fourth-order valence-corrected chi connectivity index (χ4v) is 8.09. The highest BCUT2D eigenvalue weighted by Gasteiger charge is 2.32. The van der Waals surface area contributed by atoms with Crippen LogP contribution in [0.4, 0.5) is 0 Å². The Hall–Kier alpha value is 0.217. The van der Waals surface area contributed by atoms with Crippen LogP contribution < -0.4 is 0 Å². The fourth-order valence-electron chi connectivity index (χ4n) is 3.69. The fraction of sp³-hybridized carbons (Fsp3) is 1.00. The SMILES string of the molecule is CCCCCCCCCCC(C)[Si](CC)(CC)CC. The van der Waals surface area contributed by atoms with Crippen LogP contribution in [-0.4, -0.2) is 8.07 Å². The first-order chi connectivity index (χ1) is 9.16. The molecule has 19 heavy (non-hydrogen) atoms. The summed E-state index contributed by atoms with van der Waals surface area (Å²) >= 11 is 0. The van der Waals surface area contributed by atoms with Gasteiger partial charge < -0.3 is 0 Å². The molecule has 0 aromatic heterocycles. The highest BCUT2D eigenvalue weighted by molar-refractivity contribution is 6.80. The number of hydrogen-bond donors (Lipinski definition) is 0. The smallest absolute Gasteiger partial charge is 0.0556 e. The minimum atomic E-state index is -0.907. The molecule has 0 aromatic rings. The molecule has 0 spiro atoms. The summed E-state index contributed by atoms with van der Waals surface area (Å²) in [6, 6.07) is 4.49. The number of hydrogen-bond acceptors (Lipinski definition) is 0. The first-order valence-corrected chi connectivity index (χ1v) is 11.9. The molecule has 1 atom stereocenters.